The van der Waals surface area contributed by atoms with Crippen LogP contribution in [0.4, 0.5) is 35.3 Å². The van der Waals surface area contributed by atoms with Gasteiger partial charge in [-0.15, -0.1) is 0 Å². The molecule has 3 aromatic heterocycles. The molecule has 6 saturated heterocycles. The summed E-state index contributed by atoms with van der Waals surface area (Å²) in [5.74, 6) is 3.88. The standard InChI is InChI=1S/C60H74N12O6/c1-39-38-76-25-22-67(39)50-33-53(73)65-59(61-50)71-36-45(31-48(71)29-43-16-9-5-10-17-43)57-41(3)69(24-27-78-57)52-35-55(75)66-60(63-52)72-37-46(32-49(72)30-44-18-11-6-12-19-44)56-40(2)68(23-26-77-56)51-34-54(74)64-58(62-51)70-21-13-20-47(70)28-42-14-7-4-8-15-42/h4-12,14-19,33-35,39-41,45-49,56-57H,13,20-32,36-38H2,1-3H3,(H,61,65,73)(H,62,64,74)(H,63,66,75)/t39-,40+,41-,45?,46?,47+,48-,49+,56?,57?/m1/s1. The van der Waals surface area contributed by atoms with E-state index in [0.29, 0.717) is 94.4 Å². The van der Waals surface area contributed by atoms with Gasteiger partial charge in [0.25, 0.3) is 16.7 Å². The Kier molecular flexibility index (Phi) is 15.1. The summed E-state index contributed by atoms with van der Waals surface area (Å²) in [4.78, 5) is 79.5. The molecule has 6 aromatic rings. The molecule has 6 fully saturated rings. The third-order valence-electron chi connectivity index (χ3n) is 17.6. The first-order valence-corrected chi connectivity index (χ1v) is 28.4. The maximum absolute atomic E-state index is 14.0. The van der Waals surface area contributed by atoms with Crippen molar-refractivity contribution in [3.05, 3.63) is 157 Å². The van der Waals surface area contributed by atoms with Gasteiger partial charge in [0.05, 0.1) is 56.8 Å². The minimum absolute atomic E-state index is 0.0221. The second kappa shape index (κ2) is 22.8. The highest BCUT2D eigenvalue weighted by Gasteiger charge is 2.46. The van der Waals surface area contributed by atoms with Gasteiger partial charge in [-0.3, -0.25) is 29.3 Å². The van der Waals surface area contributed by atoms with E-state index in [0.717, 1.165) is 51.5 Å². The molecule has 0 radical (unpaired) electrons. The lowest BCUT2D eigenvalue weighted by molar-refractivity contribution is -0.0174. The van der Waals surface area contributed by atoms with Gasteiger partial charge in [-0.05, 0) is 82.4 Å². The third-order valence-corrected chi connectivity index (χ3v) is 17.6. The number of hydrogen-bond acceptors (Lipinski definition) is 15. The van der Waals surface area contributed by atoms with Crippen molar-refractivity contribution in [2.75, 3.05) is 95.1 Å². The number of benzene rings is 3. The zero-order chi connectivity index (χ0) is 53.3. The smallest absolute Gasteiger partial charge is 0.254 e. The van der Waals surface area contributed by atoms with Gasteiger partial charge in [-0.1, -0.05) is 91.0 Å². The molecule has 9 heterocycles. The lowest BCUT2D eigenvalue weighted by atomic mass is 9.91. The van der Waals surface area contributed by atoms with Crippen LogP contribution in [0.2, 0.25) is 0 Å². The molecular weight excluding hydrogens is 985 g/mol. The highest BCUT2D eigenvalue weighted by atomic mass is 16.5. The van der Waals surface area contributed by atoms with Gasteiger partial charge < -0.3 is 43.6 Å². The molecule has 0 spiro atoms. The minimum Gasteiger partial charge on any atom is -0.377 e. The van der Waals surface area contributed by atoms with Crippen LogP contribution in [0.15, 0.2) is 124 Å². The molecule has 12 rings (SSSR count). The number of ether oxygens (including phenoxy) is 3. The summed E-state index contributed by atoms with van der Waals surface area (Å²) in [5, 5.41) is 0. The number of H-pyrrole nitrogens is 3. The fraction of sp³-hybridized carbons (Fsp3) is 0.500. The van der Waals surface area contributed by atoms with Crippen molar-refractivity contribution >= 4 is 35.3 Å². The molecule has 0 saturated carbocycles. The summed E-state index contributed by atoms with van der Waals surface area (Å²) in [6.07, 6.45) is 5.82. The Labute approximate surface area is 455 Å². The van der Waals surface area contributed by atoms with Crippen molar-refractivity contribution in [2.24, 2.45) is 11.8 Å². The number of nitrogens with one attached hydrogen (secondary N) is 3. The third kappa shape index (κ3) is 11.0. The predicted molar refractivity (Wildman–Crippen MR) is 305 cm³/mol. The zero-order valence-corrected chi connectivity index (χ0v) is 45.2. The van der Waals surface area contributed by atoms with Gasteiger partial charge in [0.1, 0.15) is 17.5 Å². The molecule has 10 atom stereocenters. The molecular formula is C60H74N12O6. The molecule has 3 aromatic carbocycles. The number of nitrogens with zero attached hydrogens (tertiary/aromatic N) is 9. The first-order chi connectivity index (χ1) is 38.1. The molecule has 6 aliphatic heterocycles. The second-order valence-electron chi connectivity index (χ2n) is 22.6. The highest BCUT2D eigenvalue weighted by Crippen LogP contribution is 2.39. The summed E-state index contributed by atoms with van der Waals surface area (Å²) >= 11 is 0. The van der Waals surface area contributed by atoms with E-state index in [1.165, 1.54) is 16.7 Å². The maximum atomic E-state index is 14.0. The van der Waals surface area contributed by atoms with Crippen molar-refractivity contribution in [2.45, 2.75) is 114 Å². The van der Waals surface area contributed by atoms with Crippen LogP contribution in [-0.2, 0) is 33.5 Å². The first kappa shape index (κ1) is 51.7. The van der Waals surface area contributed by atoms with Crippen LogP contribution in [0.3, 0.4) is 0 Å². The number of morpholine rings is 3. The summed E-state index contributed by atoms with van der Waals surface area (Å²) in [6.45, 7) is 12.6. The zero-order valence-electron chi connectivity index (χ0n) is 45.2. The van der Waals surface area contributed by atoms with Crippen molar-refractivity contribution in [3.8, 4) is 0 Å². The van der Waals surface area contributed by atoms with E-state index in [1.807, 2.05) is 18.2 Å². The van der Waals surface area contributed by atoms with Crippen molar-refractivity contribution in [1.82, 2.24) is 29.9 Å². The molecule has 0 amide bonds. The summed E-state index contributed by atoms with van der Waals surface area (Å²) < 4.78 is 19.2. The fourth-order valence-electron chi connectivity index (χ4n) is 13.8. The number of anilines is 6. The Morgan fingerprint density at radius 1 is 0.487 bits per heavy atom. The Balaban J connectivity index is 0.790. The van der Waals surface area contributed by atoms with Crippen LogP contribution >= 0.6 is 0 Å². The van der Waals surface area contributed by atoms with Crippen LogP contribution in [0.5, 0.6) is 0 Å². The predicted octanol–water partition coefficient (Wildman–Crippen LogP) is 5.84. The largest absolute Gasteiger partial charge is 0.377 e. The molecule has 0 aliphatic carbocycles. The van der Waals surface area contributed by atoms with Crippen LogP contribution < -0.4 is 46.1 Å². The number of hydrogen-bond donors (Lipinski definition) is 3. The normalized spacial score (nSPS) is 27.7. The minimum atomic E-state index is -0.208. The van der Waals surface area contributed by atoms with Gasteiger partial charge in [-0.2, -0.15) is 15.0 Å². The summed E-state index contributed by atoms with van der Waals surface area (Å²) in [6, 6.07) is 36.7. The van der Waals surface area contributed by atoms with Gasteiger partial charge in [0, 0.05) is 87.4 Å². The Hall–Kier alpha value is -7.02. The average Bonchev–Trinajstić information content (AvgIpc) is 4.24. The molecule has 410 valence electrons. The van der Waals surface area contributed by atoms with E-state index in [4.69, 9.17) is 29.2 Å². The van der Waals surface area contributed by atoms with E-state index >= 15 is 0 Å². The summed E-state index contributed by atoms with van der Waals surface area (Å²) in [7, 11) is 0. The van der Waals surface area contributed by atoms with Gasteiger partial charge in [0.2, 0.25) is 17.8 Å². The van der Waals surface area contributed by atoms with E-state index < -0.39 is 0 Å². The average molecular weight is 1060 g/mol. The Bertz CT molecular complexity index is 3160. The number of aromatic amines is 3. The van der Waals surface area contributed by atoms with Crippen LogP contribution in [0.1, 0.15) is 63.1 Å². The van der Waals surface area contributed by atoms with E-state index in [2.05, 4.69) is 138 Å². The van der Waals surface area contributed by atoms with Gasteiger partial charge in [-0.25, -0.2) is 0 Å². The molecule has 18 nitrogen and oxygen atoms in total. The van der Waals surface area contributed by atoms with Crippen molar-refractivity contribution < 1.29 is 14.2 Å². The van der Waals surface area contributed by atoms with Gasteiger partial charge >= 0.3 is 0 Å². The molecule has 18 heteroatoms. The maximum Gasteiger partial charge on any atom is 0.254 e. The number of aromatic nitrogens is 6. The molecule has 0 bridgehead atoms. The second-order valence-corrected chi connectivity index (χ2v) is 22.6. The summed E-state index contributed by atoms with van der Waals surface area (Å²) in [5.41, 5.74) is 3.16. The van der Waals surface area contributed by atoms with Crippen LogP contribution in [0.25, 0.3) is 0 Å². The molecule has 78 heavy (non-hydrogen) atoms. The van der Waals surface area contributed by atoms with Crippen molar-refractivity contribution in [3.63, 3.8) is 0 Å². The highest BCUT2D eigenvalue weighted by molar-refractivity contribution is 5.50. The molecule has 3 N–H and O–H groups in total. The fourth-order valence-corrected chi connectivity index (χ4v) is 13.8. The quantitative estimate of drug-likeness (QED) is 0.118. The molecule has 4 unspecified atom stereocenters. The first-order valence-electron chi connectivity index (χ1n) is 28.4. The number of rotatable bonds is 14. The van der Waals surface area contributed by atoms with E-state index in [-0.39, 0.29) is 77.0 Å². The van der Waals surface area contributed by atoms with Crippen molar-refractivity contribution in [1.29, 1.82) is 0 Å². The Morgan fingerprint density at radius 2 is 0.897 bits per heavy atom. The topological polar surface area (TPSA) is 184 Å². The Morgan fingerprint density at radius 3 is 1.35 bits per heavy atom. The van der Waals surface area contributed by atoms with E-state index in [1.54, 1.807) is 18.2 Å². The van der Waals surface area contributed by atoms with Gasteiger partial charge in [0.15, 0.2) is 0 Å². The van der Waals surface area contributed by atoms with Crippen LogP contribution in [0, 0.1) is 11.8 Å². The lowest BCUT2D eigenvalue weighted by Crippen LogP contribution is -2.54. The molecule has 6 aliphatic rings. The van der Waals surface area contributed by atoms with Crippen LogP contribution in [-0.4, -0.2) is 144 Å². The monoisotopic (exact) mass is 1060 g/mol. The lowest BCUT2D eigenvalue weighted by Gasteiger charge is -2.43. The van der Waals surface area contributed by atoms with E-state index in [9.17, 15) is 14.4 Å². The SMILES string of the molecule is C[C@@H]1COCCN1c1cc(=O)[nH]c(N2CC(C3OCCN(c4cc(=O)[nH]c(N5CC(C6OCCN(c7cc(=O)[nH]c(N8CCC[C@H]8Cc8ccccc8)n7)[C@H]6C)C[C@@H]5Cc5ccccc5)n4)[C@@H]3C)C[C@H]2Cc2ccccc2)n1.